The minimum absolute atomic E-state index is 0.635. The lowest BCUT2D eigenvalue weighted by Crippen LogP contribution is -2.33. The largest absolute Gasteiger partial charge is 0.481 e. The molecular formula is C14H25N3O2S. The Bertz CT molecular complexity index is 443. The Morgan fingerprint density at radius 1 is 1.35 bits per heavy atom. The summed E-state index contributed by atoms with van der Waals surface area (Å²) >= 11 is 1.53. The van der Waals surface area contributed by atoms with Gasteiger partial charge in [0.25, 0.3) is 0 Å². The summed E-state index contributed by atoms with van der Waals surface area (Å²) in [5, 5.41) is 12.0. The molecule has 0 aromatic carbocycles. The van der Waals surface area contributed by atoms with E-state index in [2.05, 4.69) is 21.7 Å². The van der Waals surface area contributed by atoms with Gasteiger partial charge in [0.15, 0.2) is 5.13 Å². The predicted molar refractivity (Wildman–Crippen MR) is 83.8 cm³/mol. The van der Waals surface area contributed by atoms with Gasteiger partial charge in [-0.05, 0) is 34.4 Å². The topological polar surface area (TPSA) is 56.7 Å². The fraction of sp³-hybridized carbons (Fsp3) is 0.714. The van der Waals surface area contributed by atoms with Crippen LogP contribution < -0.4 is 4.90 Å². The van der Waals surface area contributed by atoms with Crippen molar-refractivity contribution in [1.29, 1.82) is 0 Å². The molecular weight excluding hydrogens is 274 g/mol. The highest BCUT2D eigenvalue weighted by Gasteiger charge is 2.32. The maximum Gasteiger partial charge on any atom is 0.315 e. The molecule has 0 aliphatic rings. The van der Waals surface area contributed by atoms with Crippen molar-refractivity contribution < 1.29 is 9.90 Å². The summed E-state index contributed by atoms with van der Waals surface area (Å²) in [5.74, 6) is -0.843. The van der Waals surface area contributed by atoms with Crippen molar-refractivity contribution in [2.24, 2.45) is 0 Å². The number of aromatic nitrogens is 1. The summed E-state index contributed by atoms with van der Waals surface area (Å²) < 4.78 is 0. The molecule has 1 heterocycles. The number of carboxylic acids is 1. The molecule has 0 aliphatic heterocycles. The van der Waals surface area contributed by atoms with Gasteiger partial charge in [-0.1, -0.05) is 6.92 Å². The third kappa shape index (κ3) is 4.18. The zero-order valence-corrected chi connectivity index (χ0v) is 13.8. The van der Waals surface area contributed by atoms with Crippen molar-refractivity contribution in [3.8, 4) is 0 Å². The van der Waals surface area contributed by atoms with E-state index in [0.717, 1.165) is 31.2 Å². The smallest absolute Gasteiger partial charge is 0.315 e. The van der Waals surface area contributed by atoms with E-state index in [9.17, 15) is 9.90 Å². The van der Waals surface area contributed by atoms with Crippen molar-refractivity contribution in [3.63, 3.8) is 0 Å². The van der Waals surface area contributed by atoms with Crippen LogP contribution in [0.3, 0.4) is 0 Å². The average Bonchev–Trinajstić information content (AvgIpc) is 2.84. The Morgan fingerprint density at radius 3 is 2.50 bits per heavy atom. The lowest BCUT2D eigenvalue weighted by atomic mass is 9.90. The molecule has 1 rings (SSSR count). The number of likely N-dealkylation sites (N-methyl/N-ethyl adjacent to an activating group) is 1. The van der Waals surface area contributed by atoms with Crippen molar-refractivity contribution in [3.05, 3.63) is 11.1 Å². The molecule has 0 bridgehead atoms. The van der Waals surface area contributed by atoms with E-state index in [-0.39, 0.29) is 0 Å². The number of nitrogens with zero attached hydrogens (tertiary/aromatic N) is 3. The Labute approximate surface area is 125 Å². The van der Waals surface area contributed by atoms with Gasteiger partial charge in [0.1, 0.15) is 5.41 Å². The molecule has 114 valence electrons. The second-order valence-electron chi connectivity index (χ2n) is 5.74. The zero-order chi connectivity index (χ0) is 15.3. The molecule has 6 heteroatoms. The second-order valence-corrected chi connectivity index (χ2v) is 6.57. The van der Waals surface area contributed by atoms with Crippen molar-refractivity contribution in [2.45, 2.75) is 32.6 Å². The minimum Gasteiger partial charge on any atom is -0.481 e. The van der Waals surface area contributed by atoms with Crippen LogP contribution in [0.4, 0.5) is 5.13 Å². The summed E-state index contributed by atoms with van der Waals surface area (Å²) in [6, 6.07) is 0. The van der Waals surface area contributed by atoms with E-state index < -0.39 is 11.4 Å². The number of carboxylic acid groups (broad SMARTS) is 1. The third-order valence-electron chi connectivity index (χ3n) is 3.25. The standard InChI is InChI=1S/C14H25N3O2S/c1-6-7-17(9-8-16(4)5)13-15-11(10-20-13)14(2,3)12(18)19/h10H,6-9H2,1-5H3,(H,18,19). The summed E-state index contributed by atoms with van der Waals surface area (Å²) in [5.41, 5.74) is -0.301. The quantitative estimate of drug-likeness (QED) is 0.798. The lowest BCUT2D eigenvalue weighted by molar-refractivity contribution is -0.142. The fourth-order valence-electron chi connectivity index (χ4n) is 1.70. The molecule has 0 atom stereocenters. The van der Waals surface area contributed by atoms with Gasteiger partial charge in [0.05, 0.1) is 5.69 Å². The van der Waals surface area contributed by atoms with Gasteiger partial charge in [0.2, 0.25) is 0 Å². The van der Waals surface area contributed by atoms with Crippen LogP contribution in [0.15, 0.2) is 5.38 Å². The van der Waals surface area contributed by atoms with Gasteiger partial charge in [-0.3, -0.25) is 4.79 Å². The van der Waals surface area contributed by atoms with Gasteiger partial charge in [-0.15, -0.1) is 11.3 Å². The minimum atomic E-state index is -0.936. The summed E-state index contributed by atoms with van der Waals surface area (Å²) in [7, 11) is 4.09. The van der Waals surface area contributed by atoms with Crippen LogP contribution in [0.2, 0.25) is 0 Å². The summed E-state index contributed by atoms with van der Waals surface area (Å²) in [4.78, 5) is 20.2. The van der Waals surface area contributed by atoms with Crippen LogP contribution in [0, 0.1) is 0 Å². The molecule has 1 aromatic rings. The van der Waals surface area contributed by atoms with Crippen molar-refractivity contribution in [1.82, 2.24) is 9.88 Å². The highest BCUT2D eigenvalue weighted by molar-refractivity contribution is 7.13. The molecule has 0 saturated carbocycles. The van der Waals surface area contributed by atoms with Crippen LogP contribution in [0.1, 0.15) is 32.9 Å². The Morgan fingerprint density at radius 2 is 2.00 bits per heavy atom. The summed E-state index contributed by atoms with van der Waals surface area (Å²) in [6.45, 7) is 8.32. The maximum atomic E-state index is 11.3. The Kier molecular flexibility index (Phi) is 5.95. The van der Waals surface area contributed by atoms with Crippen LogP contribution in [-0.2, 0) is 10.2 Å². The first-order chi connectivity index (χ1) is 9.28. The van der Waals surface area contributed by atoms with E-state index in [1.807, 2.05) is 19.5 Å². The Balaban J connectivity index is 2.88. The monoisotopic (exact) mass is 299 g/mol. The number of hydrogen-bond acceptors (Lipinski definition) is 5. The number of rotatable bonds is 8. The lowest BCUT2D eigenvalue weighted by Gasteiger charge is -2.23. The molecule has 0 radical (unpaired) electrons. The van der Waals surface area contributed by atoms with Crippen LogP contribution in [0.5, 0.6) is 0 Å². The van der Waals surface area contributed by atoms with Gasteiger partial charge in [-0.2, -0.15) is 0 Å². The van der Waals surface area contributed by atoms with Gasteiger partial charge >= 0.3 is 5.97 Å². The second kappa shape index (κ2) is 7.04. The third-order valence-corrected chi connectivity index (χ3v) is 4.15. The van der Waals surface area contributed by atoms with E-state index in [1.54, 1.807) is 13.8 Å². The first kappa shape index (κ1) is 16.9. The van der Waals surface area contributed by atoms with Crippen molar-refractivity contribution in [2.75, 3.05) is 38.6 Å². The zero-order valence-electron chi connectivity index (χ0n) is 13.0. The highest BCUT2D eigenvalue weighted by Crippen LogP contribution is 2.29. The molecule has 5 nitrogen and oxygen atoms in total. The maximum absolute atomic E-state index is 11.3. The number of thiazole rings is 1. The van der Waals surface area contributed by atoms with E-state index in [1.165, 1.54) is 11.3 Å². The average molecular weight is 299 g/mol. The molecule has 0 amide bonds. The molecule has 0 fully saturated rings. The van der Waals surface area contributed by atoms with Crippen molar-refractivity contribution >= 4 is 22.4 Å². The number of anilines is 1. The molecule has 1 aromatic heterocycles. The molecule has 0 unspecified atom stereocenters. The molecule has 0 saturated heterocycles. The summed E-state index contributed by atoms with van der Waals surface area (Å²) in [6.07, 6.45) is 1.05. The molecule has 1 N–H and O–H groups in total. The first-order valence-corrected chi connectivity index (χ1v) is 7.76. The fourth-order valence-corrected chi connectivity index (χ4v) is 2.75. The Hall–Kier alpha value is -1.14. The van der Waals surface area contributed by atoms with E-state index >= 15 is 0 Å². The molecule has 0 aliphatic carbocycles. The predicted octanol–water partition coefficient (Wildman–Crippen LogP) is 2.28. The SMILES string of the molecule is CCCN(CCN(C)C)c1nc(C(C)(C)C(=O)O)cs1. The van der Waals surface area contributed by atoms with Gasteiger partial charge in [0, 0.05) is 25.0 Å². The van der Waals surface area contributed by atoms with Gasteiger partial charge < -0.3 is 14.9 Å². The first-order valence-electron chi connectivity index (χ1n) is 6.88. The molecule has 20 heavy (non-hydrogen) atoms. The van der Waals surface area contributed by atoms with Crippen LogP contribution >= 0.6 is 11.3 Å². The highest BCUT2D eigenvalue weighted by atomic mass is 32.1. The number of hydrogen-bond donors (Lipinski definition) is 1. The van der Waals surface area contributed by atoms with Crippen LogP contribution in [0.25, 0.3) is 0 Å². The van der Waals surface area contributed by atoms with E-state index in [4.69, 9.17) is 0 Å². The van der Waals surface area contributed by atoms with E-state index in [0.29, 0.717) is 5.69 Å². The molecule has 0 spiro atoms. The normalized spacial score (nSPS) is 11.9. The number of carbonyl (C=O) groups is 1. The van der Waals surface area contributed by atoms with Crippen LogP contribution in [-0.4, -0.2) is 54.7 Å². The van der Waals surface area contributed by atoms with Gasteiger partial charge in [-0.25, -0.2) is 4.98 Å². The number of aliphatic carboxylic acids is 1.